The van der Waals surface area contributed by atoms with Crippen LogP contribution in [0.2, 0.25) is 0 Å². The number of nitrogens with zero attached hydrogens (tertiary/aromatic N) is 2. The third kappa shape index (κ3) is 4.06. The molecule has 1 rings (SSSR count). The van der Waals surface area contributed by atoms with Crippen molar-refractivity contribution in [2.24, 2.45) is 0 Å². The normalized spacial score (nSPS) is 21.1. The summed E-state index contributed by atoms with van der Waals surface area (Å²) < 4.78 is 20.7. The van der Waals surface area contributed by atoms with Gasteiger partial charge in [0.1, 0.15) is 10.7 Å². The van der Waals surface area contributed by atoms with Crippen LogP contribution >= 0.6 is 0 Å². The van der Waals surface area contributed by atoms with Crippen LogP contribution in [0.4, 0.5) is 0 Å². The van der Waals surface area contributed by atoms with Crippen molar-refractivity contribution in [3.8, 4) is 0 Å². The standard InChI is InChI=1S/C8H18N2O2S/c1-2-9-3-5-10(6-4-9)7-8-13(11)12/h13H,2-8H2,1H3. The molecular formula is C8H18N2O2S. The minimum absolute atomic E-state index is 0.307. The summed E-state index contributed by atoms with van der Waals surface area (Å²) in [6, 6.07) is 0. The molecule has 0 bridgehead atoms. The van der Waals surface area contributed by atoms with E-state index in [1.807, 2.05) is 0 Å². The first-order valence-electron chi connectivity index (χ1n) is 4.79. The molecule has 0 aromatic heterocycles. The first-order valence-corrected chi connectivity index (χ1v) is 6.15. The molecule has 0 N–H and O–H groups in total. The van der Waals surface area contributed by atoms with Gasteiger partial charge in [0.05, 0.1) is 5.75 Å². The van der Waals surface area contributed by atoms with E-state index in [1.54, 1.807) is 0 Å². The highest BCUT2D eigenvalue weighted by Gasteiger charge is 2.14. The van der Waals surface area contributed by atoms with Crippen LogP contribution in [-0.4, -0.2) is 63.2 Å². The van der Waals surface area contributed by atoms with Crippen molar-refractivity contribution in [2.75, 3.05) is 45.0 Å². The van der Waals surface area contributed by atoms with Gasteiger partial charge in [-0.1, -0.05) is 6.92 Å². The molecule has 0 aromatic carbocycles. The Morgan fingerprint density at radius 2 is 1.62 bits per heavy atom. The average Bonchev–Trinajstić information content (AvgIpc) is 2.15. The molecule has 4 nitrogen and oxygen atoms in total. The summed E-state index contributed by atoms with van der Waals surface area (Å²) in [6.07, 6.45) is 0. The molecule has 1 aliphatic rings. The Bertz CT molecular complexity index is 202. The van der Waals surface area contributed by atoms with Crippen LogP contribution in [0.1, 0.15) is 6.92 Å². The smallest absolute Gasteiger partial charge is 0.141 e. The number of hydrogen-bond donors (Lipinski definition) is 1. The average molecular weight is 206 g/mol. The zero-order valence-electron chi connectivity index (χ0n) is 8.11. The molecular weight excluding hydrogens is 188 g/mol. The maximum absolute atomic E-state index is 10.4. The van der Waals surface area contributed by atoms with Crippen molar-refractivity contribution in [3.63, 3.8) is 0 Å². The number of hydrogen-bond acceptors (Lipinski definition) is 4. The Hall–Kier alpha value is -0.130. The molecule has 1 fully saturated rings. The first-order chi connectivity index (χ1) is 6.22. The van der Waals surface area contributed by atoms with Crippen LogP contribution in [0.5, 0.6) is 0 Å². The van der Waals surface area contributed by atoms with Crippen LogP contribution in [0.3, 0.4) is 0 Å². The Morgan fingerprint density at radius 1 is 1.08 bits per heavy atom. The van der Waals surface area contributed by atoms with Crippen LogP contribution in [0.15, 0.2) is 0 Å². The third-order valence-corrected chi connectivity index (χ3v) is 3.08. The summed E-state index contributed by atoms with van der Waals surface area (Å²) >= 11 is 0. The fourth-order valence-electron chi connectivity index (χ4n) is 1.55. The molecule has 0 radical (unpaired) electrons. The maximum atomic E-state index is 10.4. The monoisotopic (exact) mass is 206 g/mol. The van der Waals surface area contributed by atoms with Crippen LogP contribution in [-0.2, 0) is 10.7 Å². The predicted molar refractivity (Wildman–Crippen MR) is 53.7 cm³/mol. The fourth-order valence-corrected chi connectivity index (χ4v) is 2.00. The van der Waals surface area contributed by atoms with Gasteiger partial charge in [0, 0.05) is 32.7 Å². The lowest BCUT2D eigenvalue weighted by Gasteiger charge is -2.33. The maximum Gasteiger partial charge on any atom is 0.141 e. The molecule has 0 spiro atoms. The lowest BCUT2D eigenvalue weighted by atomic mass is 10.3. The van der Waals surface area contributed by atoms with E-state index in [-0.39, 0.29) is 0 Å². The topological polar surface area (TPSA) is 40.6 Å². The molecule has 13 heavy (non-hydrogen) atoms. The summed E-state index contributed by atoms with van der Waals surface area (Å²) in [5.74, 6) is 0.307. The number of piperazine rings is 1. The van der Waals surface area contributed by atoms with E-state index in [1.165, 1.54) is 0 Å². The van der Waals surface area contributed by atoms with E-state index in [0.29, 0.717) is 12.3 Å². The fraction of sp³-hybridized carbons (Fsp3) is 1.00. The van der Waals surface area contributed by atoms with Crippen LogP contribution in [0, 0.1) is 0 Å². The van der Waals surface area contributed by atoms with Crippen LogP contribution in [0.25, 0.3) is 0 Å². The quantitative estimate of drug-likeness (QED) is 0.614. The molecule has 0 aliphatic carbocycles. The van der Waals surface area contributed by atoms with Crippen molar-refractivity contribution in [3.05, 3.63) is 0 Å². The molecule has 0 saturated carbocycles. The third-order valence-electron chi connectivity index (χ3n) is 2.51. The van der Waals surface area contributed by atoms with Gasteiger partial charge in [0.25, 0.3) is 0 Å². The van der Waals surface area contributed by atoms with E-state index >= 15 is 0 Å². The molecule has 78 valence electrons. The van der Waals surface area contributed by atoms with E-state index < -0.39 is 10.7 Å². The van der Waals surface area contributed by atoms with E-state index in [0.717, 1.165) is 32.7 Å². The molecule has 0 unspecified atom stereocenters. The zero-order valence-corrected chi connectivity index (χ0v) is 9.00. The van der Waals surface area contributed by atoms with E-state index in [2.05, 4.69) is 16.7 Å². The Balaban J connectivity index is 2.17. The summed E-state index contributed by atoms with van der Waals surface area (Å²) in [7, 11) is -2.20. The first kappa shape index (κ1) is 10.9. The van der Waals surface area contributed by atoms with Crippen molar-refractivity contribution < 1.29 is 8.42 Å². The second-order valence-electron chi connectivity index (χ2n) is 3.33. The summed E-state index contributed by atoms with van der Waals surface area (Å²) in [4.78, 5) is 4.60. The molecule has 1 heterocycles. The molecule has 5 heteroatoms. The summed E-state index contributed by atoms with van der Waals surface area (Å²) in [6.45, 7) is 8.14. The summed E-state index contributed by atoms with van der Waals surface area (Å²) in [5.41, 5.74) is 0. The summed E-state index contributed by atoms with van der Waals surface area (Å²) in [5, 5.41) is 0. The van der Waals surface area contributed by atoms with Crippen molar-refractivity contribution in [1.82, 2.24) is 9.80 Å². The highest BCUT2D eigenvalue weighted by molar-refractivity contribution is 7.72. The van der Waals surface area contributed by atoms with Crippen molar-refractivity contribution in [1.29, 1.82) is 0 Å². The van der Waals surface area contributed by atoms with E-state index in [9.17, 15) is 8.42 Å². The number of likely N-dealkylation sites (N-methyl/N-ethyl adjacent to an activating group) is 1. The van der Waals surface area contributed by atoms with Gasteiger partial charge < -0.3 is 4.90 Å². The molecule has 0 amide bonds. The van der Waals surface area contributed by atoms with Gasteiger partial charge in [-0.15, -0.1) is 0 Å². The second kappa shape index (κ2) is 5.57. The van der Waals surface area contributed by atoms with Gasteiger partial charge in [-0.25, -0.2) is 8.42 Å². The van der Waals surface area contributed by atoms with Gasteiger partial charge in [0.15, 0.2) is 0 Å². The largest absolute Gasteiger partial charge is 0.301 e. The molecule has 1 aliphatic heterocycles. The highest BCUT2D eigenvalue weighted by Crippen LogP contribution is 1.99. The highest BCUT2D eigenvalue weighted by atomic mass is 32.2. The van der Waals surface area contributed by atoms with Gasteiger partial charge in [-0.05, 0) is 6.54 Å². The molecule has 1 saturated heterocycles. The van der Waals surface area contributed by atoms with Crippen LogP contribution < -0.4 is 0 Å². The Labute approximate surface area is 81.5 Å². The lowest BCUT2D eigenvalue weighted by Crippen LogP contribution is -2.46. The molecule has 0 atom stereocenters. The Morgan fingerprint density at radius 3 is 2.08 bits per heavy atom. The van der Waals surface area contributed by atoms with Crippen molar-refractivity contribution >= 4 is 10.7 Å². The SMILES string of the molecule is CCN1CCN(CC[SH](=O)=O)CC1. The number of rotatable bonds is 4. The van der Waals surface area contributed by atoms with Gasteiger partial charge >= 0.3 is 0 Å². The zero-order chi connectivity index (χ0) is 9.68. The number of thiol groups is 1. The molecule has 0 aromatic rings. The Kier molecular flexibility index (Phi) is 4.69. The van der Waals surface area contributed by atoms with Gasteiger partial charge in [0.2, 0.25) is 0 Å². The lowest BCUT2D eigenvalue weighted by molar-refractivity contribution is 0.143. The van der Waals surface area contributed by atoms with Gasteiger partial charge in [-0.2, -0.15) is 0 Å². The van der Waals surface area contributed by atoms with Crippen molar-refractivity contribution in [2.45, 2.75) is 6.92 Å². The second-order valence-corrected chi connectivity index (χ2v) is 4.44. The van der Waals surface area contributed by atoms with Gasteiger partial charge in [-0.3, -0.25) is 4.90 Å². The predicted octanol–water partition coefficient (Wildman–Crippen LogP) is -0.765. The minimum Gasteiger partial charge on any atom is -0.301 e. The minimum atomic E-state index is -2.20. The van der Waals surface area contributed by atoms with E-state index in [4.69, 9.17) is 0 Å².